The van der Waals surface area contributed by atoms with Crippen LogP contribution in [0, 0.1) is 0 Å². The van der Waals surface area contributed by atoms with Crippen LogP contribution in [-0.2, 0) is 16.0 Å². The molecule has 0 unspecified atom stereocenters. The first kappa shape index (κ1) is 22.6. The number of halogens is 2. The SMILES string of the molecule is CC(C)(C)NC(=O)O[C@@H]1CC[C@H](c2cc(NC(=O)Cc3cc(C(F)F)ccn3)n[nH]2)C1. The molecule has 2 atom stereocenters. The Balaban J connectivity index is 1.51. The molecular formula is C21H27F2N5O3. The van der Waals surface area contributed by atoms with Crippen molar-refractivity contribution in [1.29, 1.82) is 0 Å². The number of carbonyl (C=O) groups excluding carboxylic acids is 2. The van der Waals surface area contributed by atoms with Crippen molar-refractivity contribution < 1.29 is 23.1 Å². The number of ether oxygens (including phenoxy) is 1. The van der Waals surface area contributed by atoms with Gasteiger partial charge < -0.3 is 15.4 Å². The standard InChI is InChI=1S/C21H27F2N5O3/c1-21(2,3)26-20(30)31-15-5-4-12(9-15)16-11-17(28-27-16)25-18(29)10-14-8-13(19(22)23)6-7-24-14/h6-8,11-12,15,19H,4-5,9-10H2,1-3H3,(H,26,30)(H2,25,27,28,29)/t12-,15+/m0/s1. The number of H-pyrrole nitrogens is 1. The molecule has 8 nitrogen and oxygen atoms in total. The molecule has 0 spiro atoms. The van der Waals surface area contributed by atoms with E-state index in [0.717, 1.165) is 18.5 Å². The molecule has 10 heteroatoms. The van der Waals surface area contributed by atoms with E-state index in [1.54, 1.807) is 6.07 Å². The van der Waals surface area contributed by atoms with Gasteiger partial charge >= 0.3 is 6.09 Å². The highest BCUT2D eigenvalue weighted by atomic mass is 19.3. The second-order valence-electron chi connectivity index (χ2n) is 8.73. The van der Waals surface area contributed by atoms with Crippen molar-refractivity contribution in [3.63, 3.8) is 0 Å². The number of carbonyl (C=O) groups is 2. The minimum absolute atomic E-state index is 0.134. The van der Waals surface area contributed by atoms with Crippen LogP contribution in [0.5, 0.6) is 0 Å². The maximum atomic E-state index is 12.8. The second-order valence-corrected chi connectivity index (χ2v) is 8.73. The van der Waals surface area contributed by atoms with E-state index < -0.39 is 18.4 Å². The van der Waals surface area contributed by atoms with Crippen LogP contribution in [0.4, 0.5) is 19.4 Å². The summed E-state index contributed by atoms with van der Waals surface area (Å²) in [5.74, 6) is 0.0817. The largest absolute Gasteiger partial charge is 0.446 e. The zero-order valence-electron chi connectivity index (χ0n) is 17.7. The van der Waals surface area contributed by atoms with E-state index in [-0.39, 0.29) is 35.2 Å². The smallest absolute Gasteiger partial charge is 0.407 e. The maximum Gasteiger partial charge on any atom is 0.407 e. The van der Waals surface area contributed by atoms with Crippen molar-refractivity contribution in [2.24, 2.45) is 0 Å². The summed E-state index contributed by atoms with van der Waals surface area (Å²) in [6.07, 6.45) is 0.141. The van der Waals surface area contributed by atoms with Crippen molar-refractivity contribution in [3.05, 3.63) is 41.3 Å². The van der Waals surface area contributed by atoms with Gasteiger partial charge in [-0.05, 0) is 52.2 Å². The van der Waals surface area contributed by atoms with Gasteiger partial charge in [-0.3, -0.25) is 14.9 Å². The number of anilines is 1. The second kappa shape index (κ2) is 9.40. The quantitative estimate of drug-likeness (QED) is 0.633. The Kier molecular flexibility index (Phi) is 6.87. The molecule has 2 aromatic heterocycles. The number of hydrogen-bond acceptors (Lipinski definition) is 5. The minimum Gasteiger partial charge on any atom is -0.446 e. The number of rotatable bonds is 6. The van der Waals surface area contributed by atoms with Crippen LogP contribution >= 0.6 is 0 Å². The molecule has 1 aliphatic carbocycles. The molecule has 0 saturated heterocycles. The van der Waals surface area contributed by atoms with Gasteiger partial charge in [0.2, 0.25) is 5.91 Å². The van der Waals surface area contributed by atoms with Crippen LogP contribution < -0.4 is 10.6 Å². The van der Waals surface area contributed by atoms with E-state index in [1.165, 1.54) is 18.3 Å². The van der Waals surface area contributed by atoms with E-state index >= 15 is 0 Å². The summed E-state index contributed by atoms with van der Waals surface area (Å²) in [6.45, 7) is 5.66. The van der Waals surface area contributed by atoms with Gasteiger partial charge in [0.15, 0.2) is 5.82 Å². The number of pyridine rings is 1. The maximum absolute atomic E-state index is 12.8. The molecule has 2 aromatic rings. The van der Waals surface area contributed by atoms with Crippen molar-refractivity contribution in [3.8, 4) is 0 Å². The molecule has 1 aliphatic rings. The van der Waals surface area contributed by atoms with Gasteiger partial charge in [0, 0.05) is 35.0 Å². The first-order valence-electron chi connectivity index (χ1n) is 10.2. The van der Waals surface area contributed by atoms with Crippen LogP contribution in [0.1, 0.15) is 69.3 Å². The molecule has 168 valence electrons. The highest BCUT2D eigenvalue weighted by Crippen LogP contribution is 2.35. The number of nitrogens with zero attached hydrogens (tertiary/aromatic N) is 2. The van der Waals surface area contributed by atoms with Crippen LogP contribution in [-0.4, -0.2) is 38.8 Å². The Bertz CT molecular complexity index is 926. The Morgan fingerprint density at radius 3 is 2.77 bits per heavy atom. The molecule has 3 rings (SSSR count). The van der Waals surface area contributed by atoms with Gasteiger partial charge in [0.05, 0.1) is 12.1 Å². The molecular weight excluding hydrogens is 408 g/mol. The van der Waals surface area contributed by atoms with Gasteiger partial charge in [-0.1, -0.05) is 0 Å². The highest BCUT2D eigenvalue weighted by molar-refractivity contribution is 5.91. The van der Waals surface area contributed by atoms with Gasteiger partial charge in [-0.25, -0.2) is 13.6 Å². The lowest BCUT2D eigenvalue weighted by Crippen LogP contribution is -2.42. The Labute approximate surface area is 179 Å². The lowest BCUT2D eigenvalue weighted by atomic mass is 10.0. The fourth-order valence-corrected chi connectivity index (χ4v) is 3.51. The molecule has 31 heavy (non-hydrogen) atoms. The van der Waals surface area contributed by atoms with Gasteiger partial charge in [0.1, 0.15) is 6.10 Å². The first-order valence-corrected chi connectivity index (χ1v) is 10.2. The van der Waals surface area contributed by atoms with Crippen LogP contribution in [0.15, 0.2) is 24.4 Å². The molecule has 1 saturated carbocycles. The Morgan fingerprint density at radius 1 is 1.29 bits per heavy atom. The Hall–Kier alpha value is -3.04. The monoisotopic (exact) mass is 435 g/mol. The number of amides is 2. The number of alkyl carbamates (subject to hydrolysis) is 1. The van der Waals surface area contributed by atoms with Crippen LogP contribution in [0.2, 0.25) is 0 Å². The number of aromatic amines is 1. The Morgan fingerprint density at radius 2 is 2.06 bits per heavy atom. The fourth-order valence-electron chi connectivity index (χ4n) is 3.51. The highest BCUT2D eigenvalue weighted by Gasteiger charge is 2.30. The number of aromatic nitrogens is 3. The minimum atomic E-state index is -2.61. The van der Waals surface area contributed by atoms with Gasteiger partial charge in [0.25, 0.3) is 6.43 Å². The molecule has 0 bridgehead atoms. The van der Waals surface area contributed by atoms with Crippen molar-refractivity contribution >= 4 is 17.8 Å². The molecule has 2 amide bonds. The van der Waals surface area contributed by atoms with E-state index in [0.29, 0.717) is 12.2 Å². The third kappa shape index (κ3) is 6.73. The lowest BCUT2D eigenvalue weighted by Gasteiger charge is -2.22. The summed E-state index contributed by atoms with van der Waals surface area (Å²) < 4.78 is 31.0. The first-order chi connectivity index (χ1) is 14.6. The van der Waals surface area contributed by atoms with Gasteiger partial charge in [-0.2, -0.15) is 5.10 Å². The number of alkyl halides is 2. The molecule has 2 heterocycles. The zero-order chi connectivity index (χ0) is 22.6. The summed E-state index contributed by atoms with van der Waals surface area (Å²) in [5.41, 5.74) is 0.571. The normalized spacial score (nSPS) is 18.8. The molecule has 3 N–H and O–H groups in total. The van der Waals surface area contributed by atoms with Crippen molar-refractivity contribution in [2.75, 3.05) is 5.32 Å². The average molecular weight is 435 g/mol. The number of hydrogen-bond donors (Lipinski definition) is 3. The summed E-state index contributed by atoms with van der Waals surface area (Å²) in [5, 5.41) is 12.5. The lowest BCUT2D eigenvalue weighted by molar-refractivity contribution is -0.115. The molecule has 1 fully saturated rings. The van der Waals surface area contributed by atoms with Crippen molar-refractivity contribution in [2.45, 2.75) is 70.4 Å². The van der Waals surface area contributed by atoms with E-state index in [9.17, 15) is 18.4 Å². The van der Waals surface area contributed by atoms with E-state index in [1.807, 2.05) is 20.8 Å². The van der Waals surface area contributed by atoms with E-state index in [4.69, 9.17) is 4.74 Å². The summed E-state index contributed by atoms with van der Waals surface area (Å²) in [4.78, 5) is 28.1. The van der Waals surface area contributed by atoms with E-state index in [2.05, 4.69) is 25.8 Å². The topological polar surface area (TPSA) is 109 Å². The summed E-state index contributed by atoms with van der Waals surface area (Å²) in [6, 6.07) is 4.18. The number of nitrogens with one attached hydrogen (secondary N) is 3. The zero-order valence-corrected chi connectivity index (χ0v) is 17.7. The molecule has 0 aromatic carbocycles. The predicted octanol–water partition coefficient (Wildman–Crippen LogP) is 4.08. The summed E-state index contributed by atoms with van der Waals surface area (Å²) >= 11 is 0. The third-order valence-electron chi connectivity index (χ3n) is 4.87. The average Bonchev–Trinajstić information content (AvgIpc) is 3.29. The predicted molar refractivity (Wildman–Crippen MR) is 110 cm³/mol. The third-order valence-corrected chi connectivity index (χ3v) is 4.87. The fraction of sp³-hybridized carbons (Fsp3) is 0.524. The molecule has 0 radical (unpaired) electrons. The van der Waals surface area contributed by atoms with Crippen molar-refractivity contribution in [1.82, 2.24) is 20.5 Å². The van der Waals surface area contributed by atoms with Gasteiger partial charge in [-0.15, -0.1) is 0 Å². The molecule has 0 aliphatic heterocycles. The van der Waals surface area contributed by atoms with Crippen LogP contribution in [0.25, 0.3) is 0 Å². The summed E-state index contributed by atoms with van der Waals surface area (Å²) in [7, 11) is 0. The van der Waals surface area contributed by atoms with Crippen LogP contribution in [0.3, 0.4) is 0 Å².